The first-order valence-electron chi connectivity index (χ1n) is 8.51. The van der Waals surface area contributed by atoms with Gasteiger partial charge in [0.05, 0.1) is 6.10 Å². The summed E-state index contributed by atoms with van der Waals surface area (Å²) in [5.41, 5.74) is 2.18. The van der Waals surface area contributed by atoms with E-state index >= 15 is 0 Å². The number of nitrogens with one attached hydrogen (secondary N) is 1. The number of aromatic nitrogens is 2. The quantitative estimate of drug-likeness (QED) is 0.731. The monoisotopic (exact) mass is 368 g/mol. The number of β-amino-alcohol motifs (C(OH)–C–C–N with tert-alkyl or cyclic N) is 1. The van der Waals surface area contributed by atoms with Crippen LogP contribution in [0.4, 0.5) is 0 Å². The van der Waals surface area contributed by atoms with Crippen LogP contribution in [0.25, 0.3) is 11.0 Å². The molecule has 138 valence electrons. The maximum absolute atomic E-state index is 12.7. The van der Waals surface area contributed by atoms with Crippen LogP contribution < -0.4 is 4.72 Å². The molecule has 0 radical (unpaired) electrons. The van der Waals surface area contributed by atoms with Crippen molar-refractivity contribution in [2.75, 3.05) is 26.2 Å². The number of likely N-dealkylation sites (tertiary alicyclic amines) is 1. The zero-order valence-electron chi connectivity index (χ0n) is 14.5. The first kappa shape index (κ1) is 18.2. The van der Waals surface area contributed by atoms with E-state index in [1.807, 2.05) is 6.92 Å². The highest BCUT2D eigenvalue weighted by molar-refractivity contribution is 7.89. The van der Waals surface area contributed by atoms with Crippen LogP contribution in [0.5, 0.6) is 0 Å². The van der Waals surface area contributed by atoms with Crippen LogP contribution in [0.15, 0.2) is 15.6 Å². The molecule has 1 saturated heterocycles. The van der Waals surface area contributed by atoms with E-state index in [-0.39, 0.29) is 16.5 Å². The van der Waals surface area contributed by atoms with E-state index in [1.54, 1.807) is 13.0 Å². The highest BCUT2D eigenvalue weighted by Crippen LogP contribution is 2.26. The van der Waals surface area contributed by atoms with Crippen molar-refractivity contribution in [3.8, 4) is 0 Å². The molecule has 1 aliphatic heterocycles. The highest BCUT2D eigenvalue weighted by Gasteiger charge is 2.24. The molecule has 3 rings (SSSR count). The van der Waals surface area contributed by atoms with Crippen molar-refractivity contribution in [2.45, 2.75) is 44.1 Å². The van der Waals surface area contributed by atoms with Crippen LogP contribution in [-0.4, -0.2) is 61.0 Å². The molecule has 0 bridgehead atoms. The van der Waals surface area contributed by atoms with Crippen LogP contribution in [0.2, 0.25) is 0 Å². The smallest absolute Gasteiger partial charge is 0.243 e. The molecule has 2 aromatic rings. The molecule has 0 amide bonds. The number of benzene rings is 1. The zero-order valence-corrected chi connectivity index (χ0v) is 15.3. The minimum absolute atomic E-state index is 0.128. The molecule has 9 heteroatoms. The van der Waals surface area contributed by atoms with Crippen molar-refractivity contribution in [2.24, 2.45) is 0 Å². The third-order valence-electron chi connectivity index (χ3n) is 4.56. The van der Waals surface area contributed by atoms with E-state index in [0.29, 0.717) is 30.6 Å². The first-order valence-corrected chi connectivity index (χ1v) is 9.99. The first-order chi connectivity index (χ1) is 11.9. The van der Waals surface area contributed by atoms with Gasteiger partial charge in [0, 0.05) is 13.1 Å². The van der Waals surface area contributed by atoms with Crippen molar-refractivity contribution in [1.82, 2.24) is 19.9 Å². The topological polar surface area (TPSA) is 109 Å². The normalized spacial score (nSPS) is 19.6. The van der Waals surface area contributed by atoms with Crippen LogP contribution in [0, 0.1) is 13.8 Å². The van der Waals surface area contributed by atoms with E-state index < -0.39 is 10.0 Å². The summed E-state index contributed by atoms with van der Waals surface area (Å²) in [7, 11) is -3.70. The van der Waals surface area contributed by atoms with Gasteiger partial charge in [-0.25, -0.2) is 17.8 Å². The van der Waals surface area contributed by atoms with E-state index in [4.69, 9.17) is 4.63 Å². The van der Waals surface area contributed by atoms with Gasteiger partial charge in [0.1, 0.15) is 10.4 Å². The average Bonchev–Trinajstić information content (AvgIpc) is 3.01. The summed E-state index contributed by atoms with van der Waals surface area (Å²) in [6, 6.07) is 1.77. The summed E-state index contributed by atoms with van der Waals surface area (Å²) < 4.78 is 32.8. The van der Waals surface area contributed by atoms with Crippen LogP contribution in [-0.2, 0) is 10.0 Å². The van der Waals surface area contributed by atoms with Crippen molar-refractivity contribution in [1.29, 1.82) is 0 Å². The van der Waals surface area contributed by atoms with Gasteiger partial charge in [-0.2, -0.15) is 0 Å². The number of aryl methyl sites for hydroxylation is 2. The Morgan fingerprint density at radius 2 is 2.08 bits per heavy atom. The summed E-state index contributed by atoms with van der Waals surface area (Å²) >= 11 is 0. The minimum atomic E-state index is -3.70. The Balaban J connectivity index is 1.65. The molecule has 8 nitrogen and oxygen atoms in total. The van der Waals surface area contributed by atoms with Crippen LogP contribution >= 0.6 is 0 Å². The zero-order chi connectivity index (χ0) is 18.0. The maximum atomic E-state index is 12.7. The Kier molecular flexibility index (Phi) is 5.38. The van der Waals surface area contributed by atoms with E-state index in [9.17, 15) is 13.5 Å². The van der Waals surface area contributed by atoms with E-state index in [0.717, 1.165) is 31.5 Å². The minimum Gasteiger partial charge on any atom is -0.392 e. The molecule has 2 heterocycles. The van der Waals surface area contributed by atoms with Gasteiger partial charge in [0.25, 0.3) is 0 Å². The third kappa shape index (κ3) is 4.00. The lowest BCUT2D eigenvalue weighted by Gasteiger charge is -2.29. The SMILES string of the molecule is Cc1cc(C)c2nonc2c1S(=O)(=O)NCCCN1CCC[C@@H](O)C1. The van der Waals surface area contributed by atoms with Crippen molar-refractivity contribution in [3.63, 3.8) is 0 Å². The van der Waals surface area contributed by atoms with Crippen molar-refractivity contribution in [3.05, 3.63) is 17.2 Å². The predicted molar refractivity (Wildman–Crippen MR) is 92.8 cm³/mol. The average molecular weight is 368 g/mol. The number of sulfonamides is 1. The molecular formula is C16H24N4O4S. The molecule has 0 unspecified atom stereocenters. The Labute approximate surface area is 147 Å². The van der Waals surface area contributed by atoms with E-state index in [2.05, 4.69) is 19.9 Å². The molecule has 25 heavy (non-hydrogen) atoms. The number of fused-ring (bicyclic) bond motifs is 1. The summed E-state index contributed by atoms with van der Waals surface area (Å²) in [5.74, 6) is 0. The van der Waals surface area contributed by atoms with Gasteiger partial charge in [-0.1, -0.05) is 6.07 Å². The van der Waals surface area contributed by atoms with Gasteiger partial charge >= 0.3 is 0 Å². The van der Waals surface area contributed by atoms with Gasteiger partial charge in [-0.3, -0.25) is 0 Å². The predicted octanol–water partition coefficient (Wildman–Crippen LogP) is 0.965. The van der Waals surface area contributed by atoms with Crippen molar-refractivity contribution >= 4 is 21.1 Å². The van der Waals surface area contributed by atoms with Gasteiger partial charge in [-0.15, -0.1) is 0 Å². The fraction of sp³-hybridized carbons (Fsp3) is 0.625. The molecule has 1 aromatic heterocycles. The number of rotatable bonds is 6. The lowest BCUT2D eigenvalue weighted by atomic mass is 10.1. The molecule has 0 aliphatic carbocycles. The Morgan fingerprint density at radius 1 is 1.32 bits per heavy atom. The fourth-order valence-corrected chi connectivity index (χ4v) is 4.83. The second-order valence-electron chi connectivity index (χ2n) is 6.65. The largest absolute Gasteiger partial charge is 0.392 e. The Morgan fingerprint density at radius 3 is 2.84 bits per heavy atom. The van der Waals surface area contributed by atoms with Gasteiger partial charge in [0.15, 0.2) is 5.52 Å². The third-order valence-corrected chi connectivity index (χ3v) is 6.20. The van der Waals surface area contributed by atoms with Crippen LogP contribution in [0.1, 0.15) is 30.4 Å². The molecular weight excluding hydrogens is 344 g/mol. The summed E-state index contributed by atoms with van der Waals surface area (Å²) in [6.07, 6.45) is 2.23. The number of piperidine rings is 1. The standard InChI is InChI=1S/C16H24N4O4S/c1-11-9-12(2)16(15-14(11)18-24-19-15)25(22,23)17-6-4-8-20-7-3-5-13(21)10-20/h9,13,17,21H,3-8,10H2,1-2H3/t13-/m1/s1. The molecule has 0 spiro atoms. The Bertz CT molecular complexity index is 849. The van der Waals surface area contributed by atoms with Gasteiger partial charge in [-0.05, 0) is 67.6 Å². The highest BCUT2D eigenvalue weighted by atomic mass is 32.2. The number of nitrogens with zero attached hydrogens (tertiary/aromatic N) is 3. The number of aliphatic hydroxyl groups is 1. The number of hydrogen-bond acceptors (Lipinski definition) is 7. The summed E-state index contributed by atoms with van der Waals surface area (Å²) in [5, 5.41) is 17.2. The fourth-order valence-electron chi connectivity index (χ4n) is 3.40. The molecule has 1 atom stereocenters. The molecule has 1 fully saturated rings. The van der Waals surface area contributed by atoms with E-state index in [1.165, 1.54) is 0 Å². The second-order valence-corrected chi connectivity index (χ2v) is 8.35. The lowest BCUT2D eigenvalue weighted by molar-refractivity contribution is 0.0704. The van der Waals surface area contributed by atoms with Gasteiger partial charge in [0.2, 0.25) is 10.0 Å². The lowest BCUT2D eigenvalue weighted by Crippen LogP contribution is -2.39. The van der Waals surface area contributed by atoms with Crippen molar-refractivity contribution < 1.29 is 18.2 Å². The Hall–Kier alpha value is -1.55. The summed E-state index contributed by atoms with van der Waals surface area (Å²) in [4.78, 5) is 2.29. The number of hydrogen-bond donors (Lipinski definition) is 2. The molecule has 1 aliphatic rings. The maximum Gasteiger partial charge on any atom is 0.243 e. The number of aliphatic hydroxyl groups excluding tert-OH is 1. The second kappa shape index (κ2) is 7.36. The van der Waals surface area contributed by atoms with Crippen LogP contribution in [0.3, 0.4) is 0 Å². The molecule has 2 N–H and O–H groups in total. The molecule has 1 aromatic carbocycles. The van der Waals surface area contributed by atoms with Gasteiger partial charge < -0.3 is 10.0 Å². The summed E-state index contributed by atoms with van der Waals surface area (Å²) in [6.45, 7) is 6.28. The molecule has 0 saturated carbocycles.